The van der Waals surface area contributed by atoms with E-state index in [2.05, 4.69) is 30.7 Å². The van der Waals surface area contributed by atoms with Crippen molar-refractivity contribution < 1.29 is 0 Å². The number of nitrogens with one attached hydrogen (secondary N) is 1. The number of aromatic amines is 1. The molecule has 1 rings (SSSR count). The van der Waals surface area contributed by atoms with Crippen LogP contribution in [0.15, 0.2) is 6.33 Å². The van der Waals surface area contributed by atoms with E-state index in [1.54, 1.807) is 6.33 Å². The zero-order chi connectivity index (χ0) is 8.48. The molecule has 0 atom stereocenters. The van der Waals surface area contributed by atoms with Crippen molar-refractivity contribution in [2.75, 3.05) is 0 Å². The van der Waals surface area contributed by atoms with Crippen LogP contribution < -0.4 is 5.73 Å². The number of imidazole rings is 1. The molecular formula is C8H15N3. The summed E-state index contributed by atoms with van der Waals surface area (Å²) in [6.45, 7) is 6.92. The van der Waals surface area contributed by atoms with Crippen molar-refractivity contribution >= 4 is 0 Å². The topological polar surface area (TPSA) is 54.7 Å². The van der Waals surface area contributed by atoms with E-state index < -0.39 is 0 Å². The van der Waals surface area contributed by atoms with Gasteiger partial charge in [-0.15, -0.1) is 0 Å². The molecule has 1 aromatic rings. The molecule has 3 heteroatoms. The first-order valence-electron chi connectivity index (χ1n) is 3.78. The Bertz CT molecular complexity index is 232. The van der Waals surface area contributed by atoms with Gasteiger partial charge in [-0.1, -0.05) is 20.8 Å². The number of nitrogens with two attached hydrogens (primary N) is 1. The van der Waals surface area contributed by atoms with Crippen molar-refractivity contribution in [3.8, 4) is 0 Å². The van der Waals surface area contributed by atoms with Gasteiger partial charge in [0.15, 0.2) is 0 Å². The average molecular weight is 153 g/mol. The Kier molecular flexibility index (Phi) is 2.00. The maximum atomic E-state index is 5.52. The number of aromatic nitrogens is 2. The molecule has 0 amide bonds. The summed E-state index contributed by atoms with van der Waals surface area (Å²) in [4.78, 5) is 7.25. The molecule has 0 saturated carbocycles. The van der Waals surface area contributed by atoms with Crippen molar-refractivity contribution in [1.29, 1.82) is 0 Å². The lowest BCUT2D eigenvalue weighted by molar-refractivity contribution is 0.564. The molecule has 0 bridgehead atoms. The predicted molar refractivity (Wildman–Crippen MR) is 45.2 cm³/mol. The van der Waals surface area contributed by atoms with E-state index in [1.807, 2.05) is 0 Å². The highest BCUT2D eigenvalue weighted by Crippen LogP contribution is 2.21. The van der Waals surface area contributed by atoms with Crippen LogP contribution in [0.4, 0.5) is 0 Å². The van der Waals surface area contributed by atoms with Crippen molar-refractivity contribution in [2.45, 2.75) is 32.7 Å². The summed E-state index contributed by atoms with van der Waals surface area (Å²) in [7, 11) is 0. The van der Waals surface area contributed by atoms with Gasteiger partial charge in [0.1, 0.15) is 0 Å². The molecular weight excluding hydrogens is 138 g/mol. The first-order chi connectivity index (χ1) is 5.05. The molecule has 1 aromatic heterocycles. The van der Waals surface area contributed by atoms with Crippen LogP contribution in [0.5, 0.6) is 0 Å². The van der Waals surface area contributed by atoms with E-state index in [0.29, 0.717) is 6.54 Å². The molecule has 0 aromatic carbocycles. The largest absolute Gasteiger partial charge is 0.347 e. The maximum absolute atomic E-state index is 5.52. The Hall–Kier alpha value is -0.830. The molecule has 11 heavy (non-hydrogen) atoms. The second kappa shape index (κ2) is 2.66. The molecule has 0 aliphatic heterocycles. The number of hydrogen-bond donors (Lipinski definition) is 2. The smallest absolute Gasteiger partial charge is 0.0925 e. The normalized spacial score (nSPS) is 12.0. The third-order valence-electron chi connectivity index (χ3n) is 1.63. The number of rotatable bonds is 1. The highest BCUT2D eigenvalue weighted by molar-refractivity contribution is 5.19. The number of H-pyrrole nitrogens is 1. The van der Waals surface area contributed by atoms with Crippen molar-refractivity contribution in [3.63, 3.8) is 0 Å². The van der Waals surface area contributed by atoms with Crippen LogP contribution in [0.1, 0.15) is 32.2 Å². The molecule has 0 aliphatic rings. The molecule has 0 radical (unpaired) electrons. The van der Waals surface area contributed by atoms with E-state index in [0.717, 1.165) is 11.4 Å². The monoisotopic (exact) mass is 153 g/mol. The third-order valence-corrected chi connectivity index (χ3v) is 1.63. The van der Waals surface area contributed by atoms with Gasteiger partial charge in [0, 0.05) is 12.0 Å². The maximum Gasteiger partial charge on any atom is 0.0925 e. The van der Waals surface area contributed by atoms with E-state index in [9.17, 15) is 0 Å². The second-order valence-electron chi connectivity index (χ2n) is 3.68. The summed E-state index contributed by atoms with van der Waals surface area (Å²) in [5, 5.41) is 0. The van der Waals surface area contributed by atoms with Crippen molar-refractivity contribution in [2.24, 2.45) is 5.73 Å². The van der Waals surface area contributed by atoms with Gasteiger partial charge in [-0.05, 0) is 0 Å². The predicted octanol–water partition coefficient (Wildman–Crippen LogP) is 1.17. The molecule has 0 unspecified atom stereocenters. The van der Waals surface area contributed by atoms with Gasteiger partial charge in [0.05, 0.1) is 17.7 Å². The van der Waals surface area contributed by atoms with Gasteiger partial charge in [-0.25, -0.2) is 4.98 Å². The molecule has 0 saturated heterocycles. The summed E-state index contributed by atoms with van der Waals surface area (Å²) in [5.74, 6) is 0. The van der Waals surface area contributed by atoms with Crippen LogP contribution in [-0.2, 0) is 12.0 Å². The first-order valence-corrected chi connectivity index (χ1v) is 3.78. The van der Waals surface area contributed by atoms with Gasteiger partial charge in [0.2, 0.25) is 0 Å². The third kappa shape index (κ3) is 1.60. The van der Waals surface area contributed by atoms with Crippen molar-refractivity contribution in [3.05, 3.63) is 17.7 Å². The Morgan fingerprint density at radius 1 is 1.55 bits per heavy atom. The Balaban J connectivity index is 3.02. The molecule has 1 heterocycles. The first kappa shape index (κ1) is 8.27. The van der Waals surface area contributed by atoms with Gasteiger partial charge < -0.3 is 10.7 Å². The lowest BCUT2D eigenvalue weighted by atomic mass is 9.91. The minimum Gasteiger partial charge on any atom is -0.347 e. The lowest BCUT2D eigenvalue weighted by Crippen LogP contribution is -2.16. The lowest BCUT2D eigenvalue weighted by Gasteiger charge is -2.16. The summed E-state index contributed by atoms with van der Waals surface area (Å²) < 4.78 is 0. The quantitative estimate of drug-likeness (QED) is 0.636. The fraction of sp³-hybridized carbons (Fsp3) is 0.625. The van der Waals surface area contributed by atoms with Crippen LogP contribution in [0.3, 0.4) is 0 Å². The van der Waals surface area contributed by atoms with Crippen LogP contribution >= 0.6 is 0 Å². The van der Waals surface area contributed by atoms with Crippen molar-refractivity contribution in [1.82, 2.24) is 9.97 Å². The summed E-state index contributed by atoms with van der Waals surface area (Å²) in [5.41, 5.74) is 7.72. The molecule has 0 spiro atoms. The minimum absolute atomic E-state index is 0.0920. The average Bonchev–Trinajstić information content (AvgIpc) is 2.31. The minimum atomic E-state index is 0.0920. The highest BCUT2D eigenvalue weighted by Gasteiger charge is 2.19. The van der Waals surface area contributed by atoms with E-state index in [-0.39, 0.29) is 5.41 Å². The van der Waals surface area contributed by atoms with Crippen LogP contribution in [-0.4, -0.2) is 9.97 Å². The van der Waals surface area contributed by atoms with E-state index in [4.69, 9.17) is 5.73 Å². The molecule has 0 fully saturated rings. The fourth-order valence-electron chi connectivity index (χ4n) is 1.12. The highest BCUT2D eigenvalue weighted by atomic mass is 14.9. The Morgan fingerprint density at radius 2 is 2.18 bits per heavy atom. The van der Waals surface area contributed by atoms with E-state index >= 15 is 0 Å². The number of nitrogens with zero attached hydrogens (tertiary/aromatic N) is 1. The molecule has 0 aliphatic carbocycles. The molecule has 3 N–H and O–H groups in total. The Morgan fingerprint density at radius 3 is 2.55 bits per heavy atom. The summed E-state index contributed by atoms with van der Waals surface area (Å²) in [6.07, 6.45) is 1.70. The fourth-order valence-corrected chi connectivity index (χ4v) is 1.12. The van der Waals surface area contributed by atoms with E-state index in [1.165, 1.54) is 0 Å². The summed E-state index contributed by atoms with van der Waals surface area (Å²) >= 11 is 0. The van der Waals surface area contributed by atoms with Crippen LogP contribution in [0.2, 0.25) is 0 Å². The van der Waals surface area contributed by atoms with Crippen LogP contribution in [0.25, 0.3) is 0 Å². The summed E-state index contributed by atoms with van der Waals surface area (Å²) in [6, 6.07) is 0. The van der Waals surface area contributed by atoms with Gasteiger partial charge >= 0.3 is 0 Å². The standard InChI is InChI=1S/C8H15N3/c1-8(2,3)7-6(4-9)10-5-11-7/h5H,4,9H2,1-3H3,(H,10,11). The van der Waals surface area contributed by atoms with Gasteiger partial charge in [0.25, 0.3) is 0 Å². The molecule has 3 nitrogen and oxygen atoms in total. The van der Waals surface area contributed by atoms with Crippen LogP contribution in [0, 0.1) is 0 Å². The zero-order valence-electron chi connectivity index (χ0n) is 7.31. The van der Waals surface area contributed by atoms with Gasteiger partial charge in [-0.2, -0.15) is 0 Å². The number of hydrogen-bond acceptors (Lipinski definition) is 2. The zero-order valence-corrected chi connectivity index (χ0v) is 7.31. The Labute approximate surface area is 67.0 Å². The van der Waals surface area contributed by atoms with Gasteiger partial charge in [-0.3, -0.25) is 0 Å². The molecule has 62 valence electrons. The second-order valence-corrected chi connectivity index (χ2v) is 3.68. The SMILES string of the molecule is CC(C)(C)c1nc[nH]c1CN.